The van der Waals surface area contributed by atoms with Crippen LogP contribution in [0.2, 0.25) is 0 Å². The third-order valence-electron chi connectivity index (χ3n) is 4.17. The Morgan fingerprint density at radius 3 is 2.57 bits per heavy atom. The molecule has 1 amide bonds. The van der Waals surface area contributed by atoms with Gasteiger partial charge >= 0.3 is 0 Å². The van der Waals surface area contributed by atoms with Crippen LogP contribution in [0.25, 0.3) is 11.3 Å². The van der Waals surface area contributed by atoms with Gasteiger partial charge in [0.1, 0.15) is 5.75 Å². The predicted molar refractivity (Wildman–Crippen MR) is 120 cm³/mol. The van der Waals surface area contributed by atoms with Crippen molar-refractivity contribution in [2.45, 2.75) is 11.0 Å². The summed E-state index contributed by atoms with van der Waals surface area (Å²) in [6, 6.07) is 18.0. The summed E-state index contributed by atoms with van der Waals surface area (Å²) in [5.41, 5.74) is 3.20. The average molecular weight is 429 g/mol. The number of amides is 1. The molecule has 0 radical (unpaired) electrons. The fourth-order valence-corrected chi connectivity index (χ4v) is 6.41. The van der Waals surface area contributed by atoms with Gasteiger partial charge in [-0.25, -0.2) is 4.98 Å². The summed E-state index contributed by atoms with van der Waals surface area (Å²) >= 11 is 5.40. The number of carbonyl (C=O) groups is 1. The van der Waals surface area contributed by atoms with Gasteiger partial charge in [0.2, 0.25) is 0 Å². The number of ether oxygens (including phenoxy) is 1. The lowest BCUT2D eigenvalue weighted by molar-refractivity contribution is -0.118. The molecule has 2 aromatic carbocycles. The maximum atomic E-state index is 12.2. The van der Waals surface area contributed by atoms with E-state index in [9.17, 15) is 4.79 Å². The van der Waals surface area contributed by atoms with Gasteiger partial charge in [-0.1, -0.05) is 42.5 Å². The van der Waals surface area contributed by atoms with Crippen LogP contribution < -0.4 is 10.1 Å². The fraction of sp³-hybridized carbons (Fsp3) is 0.238. The van der Waals surface area contributed by atoms with E-state index < -0.39 is 0 Å². The van der Waals surface area contributed by atoms with Gasteiger partial charge in [0.05, 0.1) is 10.3 Å². The van der Waals surface area contributed by atoms with E-state index in [0.29, 0.717) is 15.5 Å². The Hall–Kier alpha value is -1.96. The zero-order valence-electron chi connectivity index (χ0n) is 15.2. The van der Waals surface area contributed by atoms with Gasteiger partial charge in [0.25, 0.3) is 5.91 Å². The van der Waals surface area contributed by atoms with Crippen LogP contribution in [-0.2, 0) is 4.79 Å². The van der Waals surface area contributed by atoms with E-state index >= 15 is 0 Å². The maximum absolute atomic E-state index is 12.2. The van der Waals surface area contributed by atoms with E-state index in [1.165, 1.54) is 34.8 Å². The first-order valence-corrected chi connectivity index (χ1v) is 12.0. The third kappa shape index (κ3) is 5.10. The first kappa shape index (κ1) is 19.4. The highest BCUT2D eigenvalue weighted by Crippen LogP contribution is 2.43. The number of aromatic nitrogens is 1. The topological polar surface area (TPSA) is 51.2 Å². The molecule has 1 aliphatic heterocycles. The molecule has 4 nitrogen and oxygen atoms in total. The molecule has 1 aromatic heterocycles. The number of anilines is 1. The van der Waals surface area contributed by atoms with Crippen LogP contribution in [0.5, 0.6) is 5.75 Å². The third-order valence-corrected chi connectivity index (χ3v) is 7.94. The minimum Gasteiger partial charge on any atom is -0.484 e. The SMILES string of the molecule is O=C(COc1ccc(C2SCCCS2)cc1)Nc1nc(-c2ccccc2)cs1. The smallest absolute Gasteiger partial charge is 0.264 e. The monoisotopic (exact) mass is 428 g/mol. The van der Waals surface area contributed by atoms with Crippen molar-refractivity contribution in [3.63, 3.8) is 0 Å². The molecular formula is C21H20N2O2S3. The van der Waals surface area contributed by atoms with E-state index in [1.54, 1.807) is 0 Å². The van der Waals surface area contributed by atoms with Gasteiger partial charge in [-0.05, 0) is 35.6 Å². The summed E-state index contributed by atoms with van der Waals surface area (Å²) in [6.45, 7) is -0.0352. The summed E-state index contributed by atoms with van der Waals surface area (Å²) in [6.07, 6.45) is 1.29. The summed E-state index contributed by atoms with van der Waals surface area (Å²) in [5, 5.41) is 5.32. The first-order valence-electron chi connectivity index (χ1n) is 9.05. The average Bonchev–Trinajstić information content (AvgIpc) is 3.22. The molecule has 1 aliphatic rings. The Morgan fingerprint density at radius 2 is 1.82 bits per heavy atom. The summed E-state index contributed by atoms with van der Waals surface area (Å²) < 4.78 is 6.13. The Labute approximate surface area is 177 Å². The Morgan fingerprint density at radius 1 is 1.07 bits per heavy atom. The van der Waals surface area contributed by atoms with Gasteiger partial charge in [-0.3, -0.25) is 10.1 Å². The van der Waals surface area contributed by atoms with Crippen molar-refractivity contribution < 1.29 is 9.53 Å². The van der Waals surface area contributed by atoms with Crippen LogP contribution in [0, 0.1) is 0 Å². The maximum Gasteiger partial charge on any atom is 0.264 e. The van der Waals surface area contributed by atoms with Crippen LogP contribution >= 0.6 is 34.9 Å². The predicted octanol–water partition coefficient (Wildman–Crippen LogP) is 5.70. The quantitative estimate of drug-likeness (QED) is 0.546. The number of nitrogens with one attached hydrogen (secondary N) is 1. The van der Waals surface area contributed by atoms with Crippen molar-refractivity contribution in [1.82, 2.24) is 4.98 Å². The van der Waals surface area contributed by atoms with E-state index in [0.717, 1.165) is 11.3 Å². The molecule has 0 unspecified atom stereocenters. The van der Waals surface area contributed by atoms with E-state index in [2.05, 4.69) is 22.4 Å². The van der Waals surface area contributed by atoms with Gasteiger partial charge in [0.15, 0.2) is 11.7 Å². The van der Waals surface area contributed by atoms with Crippen molar-refractivity contribution in [1.29, 1.82) is 0 Å². The molecule has 0 atom stereocenters. The van der Waals surface area contributed by atoms with Crippen molar-refractivity contribution in [3.8, 4) is 17.0 Å². The standard InChI is InChI=1S/C21H20N2O2S3/c24-19(23-21-22-18(14-28-21)15-5-2-1-3-6-15)13-25-17-9-7-16(8-10-17)20-26-11-4-12-27-20/h1-3,5-10,14,20H,4,11-13H2,(H,22,23,24). The van der Waals surface area contributed by atoms with Crippen LogP contribution in [0.15, 0.2) is 60.0 Å². The molecule has 144 valence electrons. The molecule has 1 N–H and O–H groups in total. The first-order chi connectivity index (χ1) is 13.8. The van der Waals surface area contributed by atoms with Crippen molar-refractivity contribution >= 4 is 45.9 Å². The number of rotatable bonds is 6. The molecule has 28 heavy (non-hydrogen) atoms. The molecule has 0 saturated carbocycles. The fourth-order valence-electron chi connectivity index (χ4n) is 2.78. The zero-order valence-corrected chi connectivity index (χ0v) is 17.6. The number of carbonyl (C=O) groups excluding carboxylic acids is 1. The van der Waals surface area contributed by atoms with Crippen molar-refractivity contribution in [2.24, 2.45) is 0 Å². The van der Waals surface area contributed by atoms with Gasteiger partial charge in [0, 0.05) is 10.9 Å². The zero-order chi connectivity index (χ0) is 19.2. The van der Waals surface area contributed by atoms with E-state index in [1.807, 2.05) is 71.4 Å². The number of nitrogens with zero attached hydrogens (tertiary/aromatic N) is 1. The molecule has 1 saturated heterocycles. The van der Waals surface area contributed by atoms with E-state index in [4.69, 9.17) is 4.74 Å². The molecule has 2 heterocycles. The normalized spacial score (nSPS) is 14.6. The van der Waals surface area contributed by atoms with Crippen LogP contribution in [0.4, 0.5) is 5.13 Å². The van der Waals surface area contributed by atoms with Crippen LogP contribution in [0.3, 0.4) is 0 Å². The summed E-state index contributed by atoms with van der Waals surface area (Å²) in [4.78, 5) is 16.6. The number of hydrogen-bond donors (Lipinski definition) is 1. The Kier molecular flexibility index (Phi) is 6.57. The number of hydrogen-bond acceptors (Lipinski definition) is 6. The second-order valence-electron chi connectivity index (χ2n) is 6.24. The van der Waals surface area contributed by atoms with Crippen molar-refractivity contribution in [2.75, 3.05) is 23.4 Å². The molecule has 0 aliphatic carbocycles. The Balaban J connectivity index is 1.28. The molecule has 0 bridgehead atoms. The lowest BCUT2D eigenvalue weighted by Crippen LogP contribution is -2.20. The molecule has 4 rings (SSSR count). The van der Waals surface area contributed by atoms with E-state index in [-0.39, 0.29) is 12.5 Å². The highest BCUT2D eigenvalue weighted by molar-refractivity contribution is 8.16. The van der Waals surface area contributed by atoms with Crippen LogP contribution in [0.1, 0.15) is 16.6 Å². The molecule has 1 fully saturated rings. The second kappa shape index (κ2) is 9.49. The minimum atomic E-state index is -0.212. The minimum absolute atomic E-state index is 0.0352. The van der Waals surface area contributed by atoms with Gasteiger partial charge < -0.3 is 4.74 Å². The Bertz CT molecular complexity index is 907. The summed E-state index contributed by atoms with van der Waals surface area (Å²) in [7, 11) is 0. The molecule has 0 spiro atoms. The van der Waals surface area contributed by atoms with Crippen molar-refractivity contribution in [3.05, 3.63) is 65.5 Å². The number of thiazole rings is 1. The highest BCUT2D eigenvalue weighted by atomic mass is 32.2. The highest BCUT2D eigenvalue weighted by Gasteiger charge is 2.16. The van der Waals surface area contributed by atoms with Gasteiger partial charge in [-0.15, -0.1) is 34.9 Å². The molecular weight excluding hydrogens is 408 g/mol. The summed E-state index contributed by atoms with van der Waals surface area (Å²) in [5.74, 6) is 2.93. The van der Waals surface area contributed by atoms with Gasteiger partial charge in [-0.2, -0.15) is 0 Å². The lowest BCUT2D eigenvalue weighted by Gasteiger charge is -2.21. The largest absolute Gasteiger partial charge is 0.484 e. The molecule has 7 heteroatoms. The molecule has 3 aromatic rings. The number of thioether (sulfide) groups is 2. The second-order valence-corrected chi connectivity index (χ2v) is 9.82. The van der Waals surface area contributed by atoms with Crippen LogP contribution in [-0.4, -0.2) is 29.0 Å². The number of benzene rings is 2. The lowest BCUT2D eigenvalue weighted by atomic mass is 10.2.